The second-order valence-corrected chi connectivity index (χ2v) is 7.06. The topological polar surface area (TPSA) is 127 Å². The van der Waals surface area contributed by atoms with Crippen LogP contribution >= 0.6 is 11.3 Å². The minimum Gasteiger partial charge on any atom is -0.456 e. The van der Waals surface area contributed by atoms with Crippen molar-refractivity contribution >= 4 is 45.7 Å². The van der Waals surface area contributed by atoms with Gasteiger partial charge < -0.3 is 15.4 Å². The number of nitrogens with zero attached hydrogens (tertiary/aromatic N) is 2. The molecule has 2 N–H and O–H groups in total. The van der Waals surface area contributed by atoms with Gasteiger partial charge in [-0.05, 0) is 32.4 Å². The zero-order valence-corrected chi connectivity index (χ0v) is 16.3. The number of amides is 2. The standard InChI is InChI=1S/C18H20N4O5S/c1-11(23)13-5-3-6-14(9-13)19-16(25)10-27-17(26)8-4-7-15(24)20-18-22-21-12(2)28-18/h3,5-6,9H,4,7-8,10H2,1-2H3,(H,19,25)(H,20,22,24). The summed E-state index contributed by atoms with van der Waals surface area (Å²) in [5.41, 5.74) is 0.911. The highest BCUT2D eigenvalue weighted by Gasteiger charge is 2.11. The van der Waals surface area contributed by atoms with Crippen molar-refractivity contribution in [2.45, 2.75) is 33.1 Å². The smallest absolute Gasteiger partial charge is 0.306 e. The number of Topliss-reactive ketones (excluding diaryl/α,β-unsaturated/α-hetero) is 1. The number of ether oxygens (including phenoxy) is 1. The fourth-order valence-electron chi connectivity index (χ4n) is 2.15. The molecule has 1 aromatic carbocycles. The first kappa shape index (κ1) is 21.2. The average Bonchev–Trinajstić information content (AvgIpc) is 3.04. The lowest BCUT2D eigenvalue weighted by molar-refractivity contribution is -0.147. The molecule has 0 aliphatic rings. The number of aryl methyl sites for hydroxylation is 1. The Bertz CT molecular complexity index is 880. The van der Waals surface area contributed by atoms with Gasteiger partial charge in [0.25, 0.3) is 5.91 Å². The Morgan fingerprint density at radius 3 is 2.54 bits per heavy atom. The maximum Gasteiger partial charge on any atom is 0.306 e. The minimum absolute atomic E-state index is 0.00959. The van der Waals surface area contributed by atoms with Gasteiger partial charge in [-0.25, -0.2) is 0 Å². The van der Waals surface area contributed by atoms with Gasteiger partial charge in [0.05, 0.1) is 0 Å². The Labute approximate surface area is 165 Å². The van der Waals surface area contributed by atoms with Crippen molar-refractivity contribution in [2.75, 3.05) is 17.2 Å². The van der Waals surface area contributed by atoms with Crippen LogP contribution in [0.25, 0.3) is 0 Å². The van der Waals surface area contributed by atoms with E-state index in [2.05, 4.69) is 20.8 Å². The highest BCUT2D eigenvalue weighted by Crippen LogP contribution is 2.14. The van der Waals surface area contributed by atoms with E-state index in [9.17, 15) is 19.2 Å². The molecule has 0 spiro atoms. The first-order valence-corrected chi connectivity index (χ1v) is 9.31. The van der Waals surface area contributed by atoms with Crippen LogP contribution in [-0.4, -0.2) is 40.4 Å². The van der Waals surface area contributed by atoms with Gasteiger partial charge in [-0.3, -0.25) is 19.2 Å². The molecule has 0 fully saturated rings. The summed E-state index contributed by atoms with van der Waals surface area (Å²) in [6.45, 7) is 2.76. The molecule has 0 aliphatic carbocycles. The third-order valence-electron chi connectivity index (χ3n) is 3.47. The van der Waals surface area contributed by atoms with Crippen LogP contribution in [0.4, 0.5) is 10.8 Å². The lowest BCUT2D eigenvalue weighted by atomic mass is 10.1. The molecule has 2 rings (SSSR count). The number of ketones is 1. The van der Waals surface area contributed by atoms with Crippen LogP contribution in [0.3, 0.4) is 0 Å². The summed E-state index contributed by atoms with van der Waals surface area (Å²) in [5.74, 6) is -1.48. The third kappa shape index (κ3) is 7.23. The molecule has 0 saturated carbocycles. The minimum atomic E-state index is -0.577. The van der Waals surface area contributed by atoms with Crippen molar-refractivity contribution in [3.8, 4) is 0 Å². The Hall–Kier alpha value is -3.14. The van der Waals surface area contributed by atoms with Gasteiger partial charge in [0.2, 0.25) is 11.0 Å². The molecule has 9 nitrogen and oxygen atoms in total. The largest absolute Gasteiger partial charge is 0.456 e. The molecule has 1 heterocycles. The Kier molecular flexibility index (Phi) is 7.76. The second-order valence-electron chi connectivity index (χ2n) is 5.87. The lowest BCUT2D eigenvalue weighted by Crippen LogP contribution is -2.21. The number of benzene rings is 1. The van der Waals surface area contributed by atoms with Crippen molar-refractivity contribution in [3.63, 3.8) is 0 Å². The molecule has 2 aromatic rings. The second kappa shape index (κ2) is 10.3. The maximum absolute atomic E-state index is 11.8. The molecule has 1 aromatic heterocycles. The Morgan fingerprint density at radius 1 is 1.07 bits per heavy atom. The molecule has 148 valence electrons. The van der Waals surface area contributed by atoms with Crippen LogP contribution in [0.1, 0.15) is 41.6 Å². The summed E-state index contributed by atoms with van der Waals surface area (Å²) >= 11 is 1.26. The van der Waals surface area contributed by atoms with Gasteiger partial charge in [0, 0.05) is 24.1 Å². The Morgan fingerprint density at radius 2 is 1.86 bits per heavy atom. The van der Waals surface area contributed by atoms with Crippen molar-refractivity contribution in [3.05, 3.63) is 34.8 Å². The van der Waals surface area contributed by atoms with Gasteiger partial charge >= 0.3 is 5.97 Å². The quantitative estimate of drug-likeness (QED) is 0.485. The van der Waals surface area contributed by atoms with Gasteiger partial charge in [-0.2, -0.15) is 0 Å². The van der Waals surface area contributed by atoms with Gasteiger partial charge in [-0.1, -0.05) is 23.5 Å². The third-order valence-corrected chi connectivity index (χ3v) is 4.23. The number of carbonyl (C=O) groups excluding carboxylic acids is 4. The van der Waals surface area contributed by atoms with Crippen LogP contribution < -0.4 is 10.6 Å². The SMILES string of the molecule is CC(=O)c1cccc(NC(=O)COC(=O)CCCC(=O)Nc2nnc(C)s2)c1. The number of hydrogen-bond donors (Lipinski definition) is 2. The van der Waals surface area contributed by atoms with E-state index in [0.29, 0.717) is 16.4 Å². The summed E-state index contributed by atoms with van der Waals surface area (Å²) in [5, 5.41) is 13.9. The first-order chi connectivity index (χ1) is 13.3. The summed E-state index contributed by atoms with van der Waals surface area (Å²) in [7, 11) is 0. The molecule has 0 atom stereocenters. The van der Waals surface area contributed by atoms with E-state index in [4.69, 9.17) is 4.74 Å². The van der Waals surface area contributed by atoms with Gasteiger partial charge in [-0.15, -0.1) is 10.2 Å². The van der Waals surface area contributed by atoms with Crippen LogP contribution in [0, 0.1) is 6.92 Å². The summed E-state index contributed by atoms with van der Waals surface area (Å²) in [6, 6.07) is 6.46. The zero-order chi connectivity index (χ0) is 20.5. The van der Waals surface area contributed by atoms with E-state index in [1.165, 1.54) is 18.3 Å². The maximum atomic E-state index is 11.8. The number of hydrogen-bond acceptors (Lipinski definition) is 8. The van der Waals surface area contributed by atoms with E-state index in [0.717, 1.165) is 5.01 Å². The fourth-order valence-corrected chi connectivity index (χ4v) is 2.76. The molecule has 0 bridgehead atoms. The van der Waals surface area contributed by atoms with E-state index in [-0.39, 0.29) is 31.0 Å². The van der Waals surface area contributed by atoms with Crippen molar-refractivity contribution in [1.29, 1.82) is 0 Å². The molecular formula is C18H20N4O5S. The van der Waals surface area contributed by atoms with E-state index >= 15 is 0 Å². The summed E-state index contributed by atoms with van der Waals surface area (Å²) < 4.78 is 4.89. The van der Waals surface area contributed by atoms with Crippen molar-refractivity contribution < 1.29 is 23.9 Å². The van der Waals surface area contributed by atoms with Crippen LogP contribution in [0.2, 0.25) is 0 Å². The number of anilines is 2. The summed E-state index contributed by atoms with van der Waals surface area (Å²) in [6.07, 6.45) is 0.415. The number of rotatable bonds is 9. The molecule has 10 heteroatoms. The normalized spacial score (nSPS) is 10.2. The molecule has 28 heavy (non-hydrogen) atoms. The monoisotopic (exact) mass is 404 g/mol. The predicted molar refractivity (Wildman–Crippen MR) is 103 cm³/mol. The number of aromatic nitrogens is 2. The highest BCUT2D eigenvalue weighted by atomic mass is 32.1. The van der Waals surface area contributed by atoms with Gasteiger partial charge in [0.1, 0.15) is 5.01 Å². The Balaban J connectivity index is 1.65. The highest BCUT2D eigenvalue weighted by molar-refractivity contribution is 7.15. The lowest BCUT2D eigenvalue weighted by Gasteiger charge is -2.07. The number of carbonyl (C=O) groups is 4. The van der Waals surface area contributed by atoms with E-state index < -0.39 is 18.5 Å². The molecule has 0 unspecified atom stereocenters. The van der Waals surface area contributed by atoms with Gasteiger partial charge in [0.15, 0.2) is 12.4 Å². The number of nitrogens with one attached hydrogen (secondary N) is 2. The van der Waals surface area contributed by atoms with E-state index in [1.807, 2.05) is 0 Å². The van der Waals surface area contributed by atoms with Crippen molar-refractivity contribution in [2.24, 2.45) is 0 Å². The number of esters is 1. The van der Waals surface area contributed by atoms with Crippen LogP contribution in [0.15, 0.2) is 24.3 Å². The van der Waals surface area contributed by atoms with E-state index in [1.54, 1.807) is 31.2 Å². The predicted octanol–water partition coefficient (Wildman–Crippen LogP) is 2.34. The van der Waals surface area contributed by atoms with Crippen LogP contribution in [0.5, 0.6) is 0 Å². The summed E-state index contributed by atoms with van der Waals surface area (Å²) in [4.78, 5) is 46.6. The molecule has 0 aliphatic heterocycles. The average molecular weight is 404 g/mol. The van der Waals surface area contributed by atoms with Crippen LogP contribution in [-0.2, 0) is 19.1 Å². The molecule has 0 saturated heterocycles. The molecule has 2 amide bonds. The fraction of sp³-hybridized carbons (Fsp3) is 0.333. The van der Waals surface area contributed by atoms with Crippen molar-refractivity contribution in [1.82, 2.24) is 10.2 Å². The first-order valence-electron chi connectivity index (χ1n) is 8.50. The zero-order valence-electron chi connectivity index (χ0n) is 15.5. The molecule has 0 radical (unpaired) electrons. The molecular weight excluding hydrogens is 384 g/mol.